The number of carbonyl (C=O) groups is 1. The van der Waals surface area contributed by atoms with Crippen LogP contribution in [0.1, 0.15) is 51.9 Å². The summed E-state index contributed by atoms with van der Waals surface area (Å²) in [5.41, 5.74) is 0. The molecule has 0 aromatic carbocycles. The molecule has 1 aliphatic rings. The topological polar surface area (TPSA) is 26.3 Å². The fourth-order valence-electron chi connectivity index (χ4n) is 2.38. The van der Waals surface area contributed by atoms with E-state index in [4.69, 9.17) is 4.74 Å². The predicted molar refractivity (Wildman–Crippen MR) is 63.0 cm³/mol. The molecule has 0 amide bonds. The van der Waals surface area contributed by atoms with Crippen LogP contribution in [0.4, 0.5) is 0 Å². The van der Waals surface area contributed by atoms with Crippen LogP contribution in [0.3, 0.4) is 0 Å². The summed E-state index contributed by atoms with van der Waals surface area (Å²) in [6.45, 7) is 1.65. The van der Waals surface area contributed by atoms with Crippen molar-refractivity contribution < 1.29 is 9.53 Å². The fourth-order valence-corrected chi connectivity index (χ4v) is 2.38. The van der Waals surface area contributed by atoms with Crippen LogP contribution in [0, 0.1) is 5.92 Å². The Kier molecular flexibility index (Phi) is 7.76. The molecule has 3 radical (unpaired) electrons. The summed E-state index contributed by atoms with van der Waals surface area (Å²) < 4.78 is 5.34. The average molecular weight is 209 g/mol. The highest BCUT2D eigenvalue weighted by atomic mass is 16.5. The van der Waals surface area contributed by atoms with Gasteiger partial charge in [-0.3, -0.25) is 4.79 Å². The Bertz CT molecular complexity index is 176. The Balaban J connectivity index is 0.00000196. The number of ether oxygens (including phenoxy) is 1. The van der Waals surface area contributed by atoms with Gasteiger partial charge in [-0.25, -0.2) is 0 Å². The number of Topliss-reactive ketones (excluding diaryl/α,β-unsaturated/α-hetero) is 1. The molecular weight excluding hydrogens is 187 g/mol. The van der Waals surface area contributed by atoms with Gasteiger partial charge < -0.3 is 4.74 Å². The molecule has 1 saturated carbocycles. The van der Waals surface area contributed by atoms with E-state index < -0.39 is 0 Å². The minimum absolute atomic E-state index is 0. The minimum atomic E-state index is 0. The van der Waals surface area contributed by atoms with Gasteiger partial charge in [0, 0.05) is 21.9 Å². The van der Waals surface area contributed by atoms with E-state index >= 15 is 0 Å². The van der Waals surface area contributed by atoms with E-state index in [0.29, 0.717) is 6.42 Å². The summed E-state index contributed by atoms with van der Waals surface area (Å²) in [4.78, 5) is 11.0. The third-order valence-corrected chi connectivity index (χ3v) is 3.17. The molecule has 0 N–H and O–H groups in total. The van der Waals surface area contributed by atoms with Crippen LogP contribution in [0.2, 0.25) is 0 Å². The van der Waals surface area contributed by atoms with Gasteiger partial charge in [-0.15, -0.1) is 0 Å². The summed E-state index contributed by atoms with van der Waals surface area (Å²) in [5.74, 6) is 1.04. The standard InChI is InChI=1S/C12H22O2.B/c1-10(13)8-12(14-2)9-11-6-4-3-5-7-11;/h11-12H,3-9H2,1-2H3;. The summed E-state index contributed by atoms with van der Waals surface area (Å²) in [6.07, 6.45) is 8.61. The molecule has 85 valence electrons. The van der Waals surface area contributed by atoms with E-state index in [1.807, 2.05) is 0 Å². The van der Waals surface area contributed by atoms with E-state index in [1.54, 1.807) is 14.0 Å². The Morgan fingerprint density at radius 3 is 2.40 bits per heavy atom. The first-order valence-corrected chi connectivity index (χ1v) is 5.74. The molecule has 0 aromatic rings. The lowest BCUT2D eigenvalue weighted by molar-refractivity contribution is -0.119. The van der Waals surface area contributed by atoms with Crippen molar-refractivity contribution >= 4 is 14.2 Å². The highest BCUT2D eigenvalue weighted by Gasteiger charge is 2.19. The van der Waals surface area contributed by atoms with Gasteiger partial charge in [-0.05, 0) is 19.3 Å². The highest BCUT2D eigenvalue weighted by molar-refractivity contribution is 5.76. The largest absolute Gasteiger partial charge is 0.381 e. The molecular formula is C12H22BO2. The monoisotopic (exact) mass is 209 g/mol. The molecule has 0 saturated heterocycles. The Labute approximate surface area is 95.3 Å². The fraction of sp³-hybridized carbons (Fsp3) is 0.917. The van der Waals surface area contributed by atoms with Crippen molar-refractivity contribution in [1.29, 1.82) is 0 Å². The lowest BCUT2D eigenvalue weighted by Gasteiger charge is -2.25. The number of hydrogen-bond acceptors (Lipinski definition) is 2. The van der Waals surface area contributed by atoms with Gasteiger partial charge in [0.05, 0.1) is 6.10 Å². The first-order chi connectivity index (χ1) is 6.72. The van der Waals surface area contributed by atoms with Gasteiger partial charge in [0.1, 0.15) is 5.78 Å². The van der Waals surface area contributed by atoms with Crippen LogP contribution in [0.15, 0.2) is 0 Å². The Hall–Kier alpha value is -0.305. The molecule has 2 nitrogen and oxygen atoms in total. The van der Waals surface area contributed by atoms with Crippen molar-refractivity contribution in [3.8, 4) is 0 Å². The molecule has 1 unspecified atom stereocenters. The number of carbonyl (C=O) groups excluding carboxylic acids is 1. The van der Waals surface area contributed by atoms with E-state index in [2.05, 4.69) is 0 Å². The molecule has 1 aliphatic carbocycles. The molecule has 0 aliphatic heterocycles. The molecule has 0 bridgehead atoms. The summed E-state index contributed by atoms with van der Waals surface area (Å²) in [5, 5.41) is 0. The number of methoxy groups -OCH3 is 1. The van der Waals surface area contributed by atoms with Crippen LogP contribution in [-0.4, -0.2) is 27.4 Å². The number of rotatable bonds is 5. The van der Waals surface area contributed by atoms with E-state index in [-0.39, 0.29) is 20.3 Å². The molecule has 15 heavy (non-hydrogen) atoms. The molecule has 0 spiro atoms. The SMILES string of the molecule is COC(CC(C)=O)CC1CCCCC1.[B]. The van der Waals surface area contributed by atoms with Crippen molar-refractivity contribution in [2.75, 3.05) is 7.11 Å². The molecule has 3 heteroatoms. The maximum absolute atomic E-state index is 11.0. The molecule has 1 atom stereocenters. The zero-order chi connectivity index (χ0) is 10.4. The second kappa shape index (κ2) is 7.92. The lowest BCUT2D eigenvalue weighted by Crippen LogP contribution is -2.20. The quantitative estimate of drug-likeness (QED) is 0.650. The number of hydrogen-bond donors (Lipinski definition) is 0. The molecule has 0 aromatic heterocycles. The van der Waals surface area contributed by atoms with Gasteiger partial charge in [-0.2, -0.15) is 0 Å². The second-order valence-electron chi connectivity index (χ2n) is 4.50. The second-order valence-corrected chi connectivity index (χ2v) is 4.50. The lowest BCUT2D eigenvalue weighted by atomic mass is 9.84. The van der Waals surface area contributed by atoms with E-state index in [1.165, 1.54) is 32.1 Å². The van der Waals surface area contributed by atoms with Crippen LogP contribution in [-0.2, 0) is 9.53 Å². The van der Waals surface area contributed by atoms with Gasteiger partial charge in [-0.1, -0.05) is 32.1 Å². The van der Waals surface area contributed by atoms with E-state index in [9.17, 15) is 4.79 Å². The Morgan fingerprint density at radius 1 is 1.33 bits per heavy atom. The smallest absolute Gasteiger partial charge is 0.132 e. The zero-order valence-corrected chi connectivity index (χ0v) is 10.00. The van der Waals surface area contributed by atoms with Crippen LogP contribution >= 0.6 is 0 Å². The maximum Gasteiger partial charge on any atom is 0.132 e. The van der Waals surface area contributed by atoms with Crippen molar-refractivity contribution in [2.45, 2.75) is 58.0 Å². The van der Waals surface area contributed by atoms with Crippen molar-refractivity contribution in [2.24, 2.45) is 5.92 Å². The van der Waals surface area contributed by atoms with Gasteiger partial charge in [0.25, 0.3) is 0 Å². The van der Waals surface area contributed by atoms with Gasteiger partial charge >= 0.3 is 0 Å². The summed E-state index contributed by atoms with van der Waals surface area (Å²) in [6, 6.07) is 0. The van der Waals surface area contributed by atoms with Gasteiger partial charge in [0.2, 0.25) is 0 Å². The van der Waals surface area contributed by atoms with Crippen LogP contribution in [0.5, 0.6) is 0 Å². The van der Waals surface area contributed by atoms with Crippen LogP contribution < -0.4 is 0 Å². The third kappa shape index (κ3) is 5.98. The first-order valence-electron chi connectivity index (χ1n) is 5.74. The normalized spacial score (nSPS) is 19.3. The highest BCUT2D eigenvalue weighted by Crippen LogP contribution is 2.28. The zero-order valence-electron chi connectivity index (χ0n) is 10.00. The van der Waals surface area contributed by atoms with Crippen LogP contribution in [0.25, 0.3) is 0 Å². The molecule has 1 fully saturated rings. The van der Waals surface area contributed by atoms with Gasteiger partial charge in [0.15, 0.2) is 0 Å². The molecule has 1 rings (SSSR count). The predicted octanol–water partition coefficient (Wildman–Crippen LogP) is 2.57. The summed E-state index contributed by atoms with van der Waals surface area (Å²) >= 11 is 0. The van der Waals surface area contributed by atoms with Crippen molar-refractivity contribution in [3.05, 3.63) is 0 Å². The number of ketones is 1. The summed E-state index contributed by atoms with van der Waals surface area (Å²) in [7, 11) is 1.72. The molecule has 0 heterocycles. The third-order valence-electron chi connectivity index (χ3n) is 3.17. The van der Waals surface area contributed by atoms with Crippen molar-refractivity contribution in [3.63, 3.8) is 0 Å². The minimum Gasteiger partial charge on any atom is -0.381 e. The Morgan fingerprint density at radius 2 is 1.93 bits per heavy atom. The first kappa shape index (κ1) is 14.7. The van der Waals surface area contributed by atoms with E-state index in [0.717, 1.165) is 12.3 Å². The maximum atomic E-state index is 11.0. The van der Waals surface area contributed by atoms with Crippen molar-refractivity contribution in [1.82, 2.24) is 0 Å². The average Bonchev–Trinajstić information content (AvgIpc) is 2.17.